The minimum absolute atomic E-state index is 0.407. The zero-order valence-electron chi connectivity index (χ0n) is 23.6. The van der Waals surface area contributed by atoms with E-state index in [1.807, 2.05) is 101 Å². The molecule has 0 saturated heterocycles. The Balaban J connectivity index is 0.00000205. The van der Waals surface area contributed by atoms with Crippen LogP contribution in [0.2, 0.25) is 0 Å². The van der Waals surface area contributed by atoms with E-state index in [1.54, 1.807) is 6.92 Å². The summed E-state index contributed by atoms with van der Waals surface area (Å²) in [6.07, 6.45) is 7.09. The average molecular weight is 531 g/mol. The molecule has 0 radical (unpaired) electrons. The molecule has 7 nitrogen and oxygen atoms in total. The van der Waals surface area contributed by atoms with Crippen LogP contribution in [0.3, 0.4) is 0 Å². The summed E-state index contributed by atoms with van der Waals surface area (Å²) in [6.45, 7) is 11.5. The van der Waals surface area contributed by atoms with Crippen molar-refractivity contribution in [2.75, 3.05) is 5.32 Å². The number of rotatable bonds is 9. The van der Waals surface area contributed by atoms with Crippen LogP contribution in [0.5, 0.6) is 0 Å². The van der Waals surface area contributed by atoms with E-state index >= 15 is 0 Å². The SMILES string of the molecule is C/C=C\C(=C/CC)C(C)OC(=O)Nc1c(C)noc1-c1ccc(-c2ccc(C3(C(=O)O)CC3)cc2)cc1.CC. The fourth-order valence-corrected chi connectivity index (χ4v) is 4.42. The molecule has 3 aromatic rings. The largest absolute Gasteiger partial charge is 0.481 e. The van der Waals surface area contributed by atoms with Crippen molar-refractivity contribution in [3.8, 4) is 22.5 Å². The third kappa shape index (κ3) is 6.66. The summed E-state index contributed by atoms with van der Waals surface area (Å²) in [4.78, 5) is 24.3. The predicted octanol–water partition coefficient (Wildman–Crippen LogP) is 8.31. The molecule has 1 amide bonds. The number of nitrogens with one attached hydrogen (secondary N) is 1. The van der Waals surface area contributed by atoms with Gasteiger partial charge < -0.3 is 14.4 Å². The van der Waals surface area contributed by atoms with Crippen LogP contribution in [0.15, 0.2) is 76.9 Å². The van der Waals surface area contributed by atoms with E-state index in [0.29, 0.717) is 30.0 Å². The van der Waals surface area contributed by atoms with Crippen molar-refractivity contribution in [3.63, 3.8) is 0 Å². The lowest BCUT2D eigenvalue weighted by Crippen LogP contribution is -2.21. The van der Waals surface area contributed by atoms with E-state index in [0.717, 1.165) is 34.2 Å². The van der Waals surface area contributed by atoms with Crippen LogP contribution >= 0.6 is 0 Å². The van der Waals surface area contributed by atoms with Gasteiger partial charge in [0.25, 0.3) is 0 Å². The molecule has 0 spiro atoms. The van der Waals surface area contributed by atoms with Gasteiger partial charge in [0.05, 0.1) is 5.41 Å². The molecular weight excluding hydrogens is 492 g/mol. The molecular formula is C32H38N2O5. The number of amides is 1. The molecule has 1 unspecified atom stereocenters. The Morgan fingerprint density at radius 1 is 1.08 bits per heavy atom. The Kier molecular flexibility index (Phi) is 9.88. The number of allylic oxidation sites excluding steroid dienone is 2. The van der Waals surface area contributed by atoms with Gasteiger partial charge in [-0.1, -0.05) is 92.7 Å². The highest BCUT2D eigenvalue weighted by Gasteiger charge is 2.51. The fraction of sp³-hybridized carbons (Fsp3) is 0.344. The number of aliphatic carboxylic acids is 1. The molecule has 4 rings (SSSR count). The normalized spacial score (nSPS) is 14.8. The van der Waals surface area contributed by atoms with Gasteiger partial charge >= 0.3 is 12.1 Å². The van der Waals surface area contributed by atoms with Crippen molar-refractivity contribution < 1.29 is 24.0 Å². The number of carboxylic acid groups (broad SMARTS) is 1. The van der Waals surface area contributed by atoms with E-state index in [2.05, 4.69) is 10.5 Å². The van der Waals surface area contributed by atoms with Gasteiger partial charge in [0.2, 0.25) is 0 Å². The van der Waals surface area contributed by atoms with Crippen LogP contribution in [-0.4, -0.2) is 28.4 Å². The van der Waals surface area contributed by atoms with E-state index in [-0.39, 0.29) is 0 Å². The smallest absolute Gasteiger partial charge is 0.412 e. The summed E-state index contributed by atoms with van der Waals surface area (Å²) in [5.74, 6) is -0.315. The first kappa shape index (κ1) is 29.4. The lowest BCUT2D eigenvalue weighted by atomic mass is 9.93. The lowest BCUT2D eigenvalue weighted by molar-refractivity contribution is -0.140. The van der Waals surface area contributed by atoms with Gasteiger partial charge in [-0.3, -0.25) is 10.1 Å². The Morgan fingerprint density at radius 2 is 1.64 bits per heavy atom. The van der Waals surface area contributed by atoms with Crippen LogP contribution < -0.4 is 5.32 Å². The molecule has 1 aliphatic carbocycles. The molecule has 0 bridgehead atoms. The summed E-state index contributed by atoms with van der Waals surface area (Å²) in [7, 11) is 0. The van der Waals surface area contributed by atoms with Gasteiger partial charge in [-0.2, -0.15) is 0 Å². The van der Waals surface area contributed by atoms with Crippen molar-refractivity contribution in [2.45, 2.75) is 72.3 Å². The third-order valence-corrected chi connectivity index (χ3v) is 6.72. The zero-order valence-corrected chi connectivity index (χ0v) is 23.6. The first-order valence-electron chi connectivity index (χ1n) is 13.5. The first-order chi connectivity index (χ1) is 18.8. The number of carbonyl (C=O) groups is 2. The second-order valence-electron chi connectivity index (χ2n) is 9.30. The quantitative estimate of drug-likeness (QED) is 0.270. The molecule has 1 fully saturated rings. The summed E-state index contributed by atoms with van der Waals surface area (Å²) in [5, 5.41) is 16.3. The topological polar surface area (TPSA) is 102 Å². The van der Waals surface area contributed by atoms with Crippen molar-refractivity contribution >= 4 is 17.7 Å². The van der Waals surface area contributed by atoms with Gasteiger partial charge in [-0.05, 0) is 62.3 Å². The maximum atomic E-state index is 12.7. The second-order valence-corrected chi connectivity index (χ2v) is 9.30. The van der Waals surface area contributed by atoms with Gasteiger partial charge in [0.15, 0.2) is 5.76 Å². The van der Waals surface area contributed by atoms with Crippen LogP contribution in [0.1, 0.15) is 65.1 Å². The third-order valence-electron chi connectivity index (χ3n) is 6.72. The maximum Gasteiger partial charge on any atom is 0.412 e. The van der Waals surface area contributed by atoms with Crippen molar-refractivity contribution in [1.29, 1.82) is 0 Å². The zero-order chi connectivity index (χ0) is 28.6. The molecule has 206 valence electrons. The van der Waals surface area contributed by atoms with Gasteiger partial charge in [0.1, 0.15) is 17.5 Å². The summed E-state index contributed by atoms with van der Waals surface area (Å²) >= 11 is 0. The summed E-state index contributed by atoms with van der Waals surface area (Å²) < 4.78 is 11.1. The first-order valence-corrected chi connectivity index (χ1v) is 13.5. The highest BCUT2D eigenvalue weighted by Crippen LogP contribution is 2.48. The molecule has 7 heteroatoms. The molecule has 1 saturated carbocycles. The molecule has 1 atom stereocenters. The highest BCUT2D eigenvalue weighted by molar-refractivity contribution is 5.91. The second kappa shape index (κ2) is 13.1. The number of aryl methyl sites for hydroxylation is 1. The molecule has 1 heterocycles. The van der Waals surface area contributed by atoms with Crippen LogP contribution in [0.4, 0.5) is 10.5 Å². The minimum atomic E-state index is -0.759. The number of nitrogens with zero attached hydrogens (tertiary/aromatic N) is 1. The Labute approximate surface area is 230 Å². The fourth-order valence-electron chi connectivity index (χ4n) is 4.42. The number of benzene rings is 2. The average Bonchev–Trinajstić information content (AvgIpc) is 3.69. The van der Waals surface area contributed by atoms with E-state index in [1.165, 1.54) is 0 Å². The number of aromatic nitrogens is 1. The summed E-state index contributed by atoms with van der Waals surface area (Å²) in [6, 6.07) is 15.4. The molecule has 39 heavy (non-hydrogen) atoms. The van der Waals surface area contributed by atoms with Crippen LogP contribution in [-0.2, 0) is 14.9 Å². The number of carboxylic acids is 1. The Hall–Kier alpha value is -4.13. The van der Waals surface area contributed by atoms with Crippen LogP contribution in [0, 0.1) is 6.92 Å². The van der Waals surface area contributed by atoms with Crippen molar-refractivity contribution in [2.24, 2.45) is 0 Å². The van der Waals surface area contributed by atoms with Gasteiger partial charge in [-0.25, -0.2) is 4.79 Å². The molecule has 2 aromatic carbocycles. The number of carbonyl (C=O) groups excluding carboxylic acids is 1. The standard InChI is InChI=1S/C30H32N2O5.C2H6/c1-5-7-21(8-6-2)20(4)36-29(35)31-26-19(3)32-37-27(26)24-11-9-22(10-12-24)23-13-15-25(16-14-23)30(17-18-30)28(33)34;1-2/h5,7-16,20H,6,17-18H2,1-4H3,(H,31,35)(H,33,34);1-2H3/b7-5-,21-8+;. The predicted molar refractivity (Wildman–Crippen MR) is 155 cm³/mol. The Morgan fingerprint density at radius 3 is 2.15 bits per heavy atom. The van der Waals surface area contributed by atoms with Gasteiger partial charge in [-0.15, -0.1) is 0 Å². The number of hydrogen-bond donors (Lipinski definition) is 2. The molecule has 2 N–H and O–H groups in total. The van der Waals surface area contributed by atoms with Crippen LogP contribution in [0.25, 0.3) is 22.5 Å². The van der Waals surface area contributed by atoms with Gasteiger partial charge in [0, 0.05) is 5.56 Å². The number of anilines is 1. The monoisotopic (exact) mass is 530 g/mol. The lowest BCUT2D eigenvalue weighted by Gasteiger charge is -2.15. The van der Waals surface area contributed by atoms with Crippen molar-refractivity contribution in [1.82, 2.24) is 5.16 Å². The number of ether oxygens (including phenoxy) is 1. The number of hydrogen-bond acceptors (Lipinski definition) is 5. The highest BCUT2D eigenvalue weighted by atomic mass is 16.6. The maximum absolute atomic E-state index is 12.7. The summed E-state index contributed by atoms with van der Waals surface area (Å²) in [5.41, 5.74) is 4.79. The molecule has 1 aliphatic rings. The van der Waals surface area contributed by atoms with Crippen molar-refractivity contribution in [3.05, 3.63) is 83.6 Å². The van der Waals surface area contributed by atoms with E-state index in [9.17, 15) is 14.7 Å². The molecule has 0 aliphatic heterocycles. The Bertz CT molecular complexity index is 1330. The molecule has 1 aromatic heterocycles. The van der Waals surface area contributed by atoms with E-state index in [4.69, 9.17) is 9.26 Å². The minimum Gasteiger partial charge on any atom is -0.481 e. The van der Waals surface area contributed by atoms with E-state index < -0.39 is 23.6 Å².